The number of nitro groups is 1. The number of carbonyl (C=O) groups excluding carboxylic acids is 2. The number of anilines is 1. The zero-order valence-corrected chi connectivity index (χ0v) is 23.8. The Morgan fingerprint density at radius 1 is 1.02 bits per heavy atom. The first-order valence-corrected chi connectivity index (χ1v) is 14.5. The van der Waals surface area contributed by atoms with E-state index in [9.17, 15) is 28.1 Å². The number of hydrogen-bond acceptors (Lipinski definition) is 6. The van der Waals surface area contributed by atoms with Crippen molar-refractivity contribution in [3.8, 4) is 0 Å². The molecule has 212 valence electrons. The van der Waals surface area contributed by atoms with Crippen molar-refractivity contribution in [3.05, 3.63) is 99.6 Å². The first-order chi connectivity index (χ1) is 19.0. The molecule has 1 atom stereocenters. The second-order valence-corrected chi connectivity index (χ2v) is 11.4. The van der Waals surface area contributed by atoms with Crippen molar-refractivity contribution in [1.82, 2.24) is 10.2 Å². The van der Waals surface area contributed by atoms with Crippen molar-refractivity contribution in [2.75, 3.05) is 17.4 Å². The fourth-order valence-corrected chi connectivity index (χ4v) is 5.47. The number of sulfonamides is 1. The van der Waals surface area contributed by atoms with Gasteiger partial charge in [-0.2, -0.15) is 0 Å². The van der Waals surface area contributed by atoms with Crippen molar-refractivity contribution < 1.29 is 22.9 Å². The molecule has 0 saturated carbocycles. The van der Waals surface area contributed by atoms with Crippen LogP contribution in [0.3, 0.4) is 0 Å². The highest BCUT2D eigenvalue weighted by molar-refractivity contribution is 7.92. The third kappa shape index (κ3) is 7.80. The van der Waals surface area contributed by atoms with Crippen LogP contribution in [-0.4, -0.2) is 49.2 Å². The molecule has 10 nitrogen and oxygen atoms in total. The van der Waals surface area contributed by atoms with Crippen LogP contribution in [0, 0.1) is 10.1 Å². The van der Waals surface area contributed by atoms with E-state index < -0.39 is 33.4 Å². The van der Waals surface area contributed by atoms with Gasteiger partial charge in [0.15, 0.2) is 0 Å². The molecule has 2 amide bonds. The third-order valence-corrected chi connectivity index (χ3v) is 8.24. The molecule has 0 saturated heterocycles. The Morgan fingerprint density at radius 3 is 2.33 bits per heavy atom. The van der Waals surface area contributed by atoms with Crippen LogP contribution in [0.5, 0.6) is 0 Å². The van der Waals surface area contributed by atoms with Crippen LogP contribution in [0.1, 0.15) is 32.3 Å². The summed E-state index contributed by atoms with van der Waals surface area (Å²) < 4.78 is 28.3. The van der Waals surface area contributed by atoms with Crippen molar-refractivity contribution in [2.45, 2.75) is 44.2 Å². The maximum absolute atomic E-state index is 13.9. The van der Waals surface area contributed by atoms with Crippen LogP contribution < -0.4 is 9.62 Å². The topological polar surface area (TPSA) is 130 Å². The van der Waals surface area contributed by atoms with Crippen molar-refractivity contribution in [1.29, 1.82) is 0 Å². The molecule has 0 heterocycles. The van der Waals surface area contributed by atoms with Crippen molar-refractivity contribution in [3.63, 3.8) is 0 Å². The fraction of sp³-hybridized carbons (Fsp3) is 0.286. The summed E-state index contributed by atoms with van der Waals surface area (Å²) in [5, 5.41) is 14.7. The molecule has 12 heteroatoms. The maximum atomic E-state index is 13.9. The molecule has 0 fully saturated rings. The summed E-state index contributed by atoms with van der Waals surface area (Å²) in [5.74, 6) is -1.05. The third-order valence-electron chi connectivity index (χ3n) is 6.20. The molecule has 0 aromatic heterocycles. The zero-order chi connectivity index (χ0) is 29.3. The minimum atomic E-state index is -4.32. The normalized spacial score (nSPS) is 11.9. The van der Waals surface area contributed by atoms with Gasteiger partial charge in [-0.05, 0) is 49.2 Å². The summed E-state index contributed by atoms with van der Waals surface area (Å²) in [4.78, 5) is 38.8. The molecular weight excluding hydrogens is 556 g/mol. The maximum Gasteiger partial charge on any atom is 0.271 e. The molecule has 0 bridgehead atoms. The van der Waals surface area contributed by atoms with Gasteiger partial charge in [-0.15, -0.1) is 0 Å². The number of benzene rings is 3. The highest BCUT2D eigenvalue weighted by atomic mass is 35.5. The van der Waals surface area contributed by atoms with Crippen LogP contribution in [0.25, 0.3) is 0 Å². The Labute approximate surface area is 238 Å². The van der Waals surface area contributed by atoms with E-state index in [2.05, 4.69) is 5.32 Å². The average Bonchev–Trinajstić information content (AvgIpc) is 2.95. The Hall–Kier alpha value is -3.96. The summed E-state index contributed by atoms with van der Waals surface area (Å²) in [6.45, 7) is 3.30. The standard InChI is InChI=1S/C28H31ClN4O6S/c1-3-4-17-30-28(35)21(2)31(19-22-13-15-23(29)16-14-22)27(34)20-32(24-9-8-10-25(18-24)33(36)37)40(38,39)26-11-6-5-7-12-26/h5-16,18,21H,3-4,17,19-20H2,1-2H3,(H,30,35)/t21-/m1/s1. The molecule has 0 unspecified atom stereocenters. The van der Waals surface area contributed by atoms with E-state index in [4.69, 9.17) is 11.6 Å². The zero-order valence-electron chi connectivity index (χ0n) is 22.2. The molecule has 0 spiro atoms. The second kappa shape index (κ2) is 13.9. The van der Waals surface area contributed by atoms with Gasteiger partial charge in [-0.1, -0.05) is 61.3 Å². The number of unbranched alkanes of at least 4 members (excludes halogenated alkanes) is 1. The molecule has 40 heavy (non-hydrogen) atoms. The lowest BCUT2D eigenvalue weighted by Crippen LogP contribution is -2.51. The summed E-state index contributed by atoms with van der Waals surface area (Å²) >= 11 is 6.01. The van der Waals surface area contributed by atoms with Gasteiger partial charge in [-0.25, -0.2) is 8.42 Å². The summed E-state index contributed by atoms with van der Waals surface area (Å²) in [6.07, 6.45) is 1.64. The predicted octanol–water partition coefficient (Wildman–Crippen LogP) is 4.78. The van der Waals surface area contributed by atoms with Crippen LogP contribution >= 0.6 is 11.6 Å². The molecule has 3 aromatic carbocycles. The molecule has 0 aliphatic carbocycles. The lowest BCUT2D eigenvalue weighted by Gasteiger charge is -2.32. The van der Waals surface area contributed by atoms with Gasteiger partial charge in [0.25, 0.3) is 15.7 Å². The summed E-state index contributed by atoms with van der Waals surface area (Å²) in [6, 6.07) is 18.3. The molecule has 0 radical (unpaired) electrons. The first-order valence-electron chi connectivity index (χ1n) is 12.7. The fourth-order valence-electron chi connectivity index (χ4n) is 3.92. The first kappa shape index (κ1) is 30.6. The van der Waals surface area contributed by atoms with Gasteiger partial charge in [0, 0.05) is 30.2 Å². The molecule has 1 N–H and O–H groups in total. The summed E-state index contributed by atoms with van der Waals surface area (Å²) in [7, 11) is -4.32. The van der Waals surface area contributed by atoms with Gasteiger partial charge in [0.1, 0.15) is 12.6 Å². The Bertz CT molecular complexity index is 1430. The lowest BCUT2D eigenvalue weighted by molar-refractivity contribution is -0.384. The second-order valence-electron chi connectivity index (χ2n) is 9.07. The molecule has 0 aliphatic rings. The SMILES string of the molecule is CCCCNC(=O)[C@@H](C)N(Cc1ccc(Cl)cc1)C(=O)CN(c1cccc([N+](=O)[O-])c1)S(=O)(=O)c1ccccc1. The Morgan fingerprint density at radius 2 is 1.70 bits per heavy atom. The average molecular weight is 587 g/mol. The van der Waals surface area contributed by atoms with Gasteiger partial charge in [-0.3, -0.25) is 24.0 Å². The van der Waals surface area contributed by atoms with E-state index in [0.29, 0.717) is 17.1 Å². The quantitative estimate of drug-likeness (QED) is 0.174. The van der Waals surface area contributed by atoms with Crippen LogP contribution in [0.4, 0.5) is 11.4 Å². The number of hydrogen-bond donors (Lipinski definition) is 1. The van der Waals surface area contributed by atoms with Gasteiger partial charge in [0.05, 0.1) is 15.5 Å². The van der Waals surface area contributed by atoms with E-state index in [1.807, 2.05) is 6.92 Å². The van der Waals surface area contributed by atoms with Crippen LogP contribution in [0.2, 0.25) is 5.02 Å². The molecule has 3 rings (SSSR count). The number of nitrogens with zero attached hydrogens (tertiary/aromatic N) is 3. The van der Waals surface area contributed by atoms with Crippen LogP contribution in [0.15, 0.2) is 83.8 Å². The van der Waals surface area contributed by atoms with E-state index in [-0.39, 0.29) is 28.7 Å². The van der Waals surface area contributed by atoms with Gasteiger partial charge < -0.3 is 10.2 Å². The molecule has 0 aliphatic heterocycles. The van der Waals surface area contributed by atoms with E-state index in [1.54, 1.807) is 37.3 Å². The largest absolute Gasteiger partial charge is 0.354 e. The number of nitro benzene ring substituents is 1. The number of non-ortho nitro benzene ring substituents is 1. The number of halogens is 1. The smallest absolute Gasteiger partial charge is 0.271 e. The summed E-state index contributed by atoms with van der Waals surface area (Å²) in [5.41, 5.74) is 0.288. The predicted molar refractivity (Wildman–Crippen MR) is 153 cm³/mol. The van der Waals surface area contributed by atoms with E-state index in [0.717, 1.165) is 23.2 Å². The highest BCUT2D eigenvalue weighted by Gasteiger charge is 2.33. The number of amides is 2. The van der Waals surface area contributed by atoms with Gasteiger partial charge >= 0.3 is 0 Å². The minimum Gasteiger partial charge on any atom is -0.354 e. The molecular formula is C28H31ClN4O6S. The monoisotopic (exact) mass is 586 g/mol. The number of rotatable bonds is 13. The number of nitrogens with one attached hydrogen (secondary N) is 1. The lowest BCUT2D eigenvalue weighted by atomic mass is 10.1. The minimum absolute atomic E-state index is 0.00648. The Balaban J connectivity index is 2.02. The van der Waals surface area contributed by atoms with E-state index in [1.165, 1.54) is 47.4 Å². The van der Waals surface area contributed by atoms with Crippen molar-refractivity contribution >= 4 is 44.8 Å². The van der Waals surface area contributed by atoms with Crippen molar-refractivity contribution in [2.24, 2.45) is 0 Å². The Kier molecular flexibility index (Phi) is 10.6. The van der Waals surface area contributed by atoms with Crippen LogP contribution in [-0.2, 0) is 26.2 Å². The van der Waals surface area contributed by atoms with Gasteiger partial charge in [0.2, 0.25) is 11.8 Å². The van der Waals surface area contributed by atoms with E-state index >= 15 is 0 Å². The highest BCUT2D eigenvalue weighted by Crippen LogP contribution is 2.27. The number of carbonyl (C=O) groups is 2. The molecule has 3 aromatic rings.